The minimum atomic E-state index is 0.192. The zero-order chi connectivity index (χ0) is 13.0. The van der Waals surface area contributed by atoms with Gasteiger partial charge in [0.1, 0.15) is 5.78 Å². The molecule has 0 spiro atoms. The van der Waals surface area contributed by atoms with Crippen molar-refractivity contribution in [3.8, 4) is 6.07 Å². The van der Waals surface area contributed by atoms with Gasteiger partial charge in [-0.15, -0.1) is 0 Å². The molecule has 1 atom stereocenters. The van der Waals surface area contributed by atoms with E-state index in [0.717, 1.165) is 31.6 Å². The number of piperidine rings is 1. The molecule has 1 aromatic carbocycles. The van der Waals surface area contributed by atoms with E-state index < -0.39 is 0 Å². The number of ketones is 1. The predicted octanol–water partition coefficient (Wildman–Crippen LogP) is 2.36. The highest BCUT2D eigenvalue weighted by Gasteiger charge is 2.25. The van der Waals surface area contributed by atoms with Crippen LogP contribution >= 0.6 is 0 Å². The van der Waals surface area contributed by atoms with Crippen molar-refractivity contribution >= 4 is 5.78 Å². The minimum Gasteiger partial charge on any atom is -0.299 e. The van der Waals surface area contributed by atoms with Crippen molar-refractivity contribution in [2.24, 2.45) is 5.92 Å². The van der Waals surface area contributed by atoms with Gasteiger partial charge in [0.2, 0.25) is 0 Å². The van der Waals surface area contributed by atoms with Crippen molar-refractivity contribution in [2.45, 2.75) is 26.3 Å². The Kier molecular flexibility index (Phi) is 4.11. The van der Waals surface area contributed by atoms with E-state index in [1.54, 1.807) is 0 Å². The Hall–Kier alpha value is -1.66. The second-order valence-electron chi connectivity index (χ2n) is 4.87. The first-order valence-corrected chi connectivity index (χ1v) is 6.47. The number of likely N-dealkylation sites (tertiary alicyclic amines) is 1. The van der Waals surface area contributed by atoms with Gasteiger partial charge in [-0.1, -0.05) is 19.1 Å². The Balaban J connectivity index is 2.01. The Morgan fingerprint density at radius 1 is 1.50 bits per heavy atom. The first-order valence-electron chi connectivity index (χ1n) is 6.47. The molecule has 18 heavy (non-hydrogen) atoms. The molecule has 0 aliphatic carbocycles. The first-order chi connectivity index (χ1) is 8.72. The molecule has 1 aromatic rings. The van der Waals surface area contributed by atoms with Gasteiger partial charge in [-0.3, -0.25) is 9.69 Å². The van der Waals surface area contributed by atoms with Crippen LogP contribution in [0.5, 0.6) is 0 Å². The largest absolute Gasteiger partial charge is 0.299 e. The number of carbonyl (C=O) groups excluding carboxylic acids is 1. The third-order valence-electron chi connectivity index (χ3n) is 3.56. The molecule has 1 aliphatic rings. The highest BCUT2D eigenvalue weighted by atomic mass is 16.1. The Bertz CT molecular complexity index is 476. The standard InChI is InChI=1S/C15H18N2O/c1-2-14-11-17(7-6-15(14)18)10-13-5-3-4-12(8-13)9-16/h3-5,8,14H,2,6-7,10-11H2,1H3. The Labute approximate surface area is 108 Å². The van der Waals surface area contributed by atoms with E-state index in [4.69, 9.17) is 5.26 Å². The van der Waals surface area contributed by atoms with E-state index in [-0.39, 0.29) is 5.92 Å². The van der Waals surface area contributed by atoms with Gasteiger partial charge >= 0.3 is 0 Å². The number of Topliss-reactive ketones (excluding diaryl/α,β-unsaturated/α-hetero) is 1. The van der Waals surface area contributed by atoms with E-state index in [1.807, 2.05) is 24.3 Å². The monoisotopic (exact) mass is 242 g/mol. The third kappa shape index (κ3) is 2.96. The van der Waals surface area contributed by atoms with Gasteiger partial charge in [-0.05, 0) is 24.1 Å². The molecule has 0 bridgehead atoms. The summed E-state index contributed by atoms with van der Waals surface area (Å²) >= 11 is 0. The quantitative estimate of drug-likeness (QED) is 0.817. The first kappa shape index (κ1) is 12.8. The maximum Gasteiger partial charge on any atom is 0.138 e. The number of carbonyl (C=O) groups is 1. The molecule has 0 amide bonds. The van der Waals surface area contributed by atoms with Gasteiger partial charge < -0.3 is 0 Å². The van der Waals surface area contributed by atoms with Gasteiger partial charge in [0.05, 0.1) is 11.6 Å². The molecule has 0 radical (unpaired) electrons. The van der Waals surface area contributed by atoms with Gasteiger partial charge in [-0.2, -0.15) is 5.26 Å². The Morgan fingerprint density at radius 3 is 3.06 bits per heavy atom. The number of hydrogen-bond donors (Lipinski definition) is 0. The number of nitrogens with zero attached hydrogens (tertiary/aromatic N) is 2. The van der Waals surface area contributed by atoms with E-state index in [1.165, 1.54) is 0 Å². The molecule has 1 heterocycles. The van der Waals surface area contributed by atoms with Crippen LogP contribution in [0.25, 0.3) is 0 Å². The summed E-state index contributed by atoms with van der Waals surface area (Å²) in [4.78, 5) is 14.0. The van der Waals surface area contributed by atoms with Gasteiger partial charge in [0.25, 0.3) is 0 Å². The molecule has 2 rings (SSSR count). The van der Waals surface area contributed by atoms with Gasteiger partial charge in [0.15, 0.2) is 0 Å². The highest BCUT2D eigenvalue weighted by molar-refractivity contribution is 5.82. The number of benzene rings is 1. The lowest BCUT2D eigenvalue weighted by molar-refractivity contribution is -0.126. The summed E-state index contributed by atoms with van der Waals surface area (Å²) in [5.74, 6) is 0.595. The van der Waals surface area contributed by atoms with Gasteiger partial charge in [0, 0.05) is 32.0 Å². The molecule has 1 unspecified atom stereocenters. The average Bonchev–Trinajstić information content (AvgIpc) is 2.41. The summed E-state index contributed by atoms with van der Waals surface area (Å²) in [5, 5.41) is 8.87. The summed E-state index contributed by atoms with van der Waals surface area (Å²) < 4.78 is 0. The van der Waals surface area contributed by atoms with Crippen LogP contribution in [0.1, 0.15) is 30.9 Å². The van der Waals surface area contributed by atoms with Crippen molar-refractivity contribution in [3.63, 3.8) is 0 Å². The van der Waals surface area contributed by atoms with Crippen LogP contribution in [0, 0.1) is 17.2 Å². The molecule has 0 aromatic heterocycles. The summed E-state index contributed by atoms with van der Waals surface area (Å²) in [6, 6.07) is 9.86. The molecule has 0 saturated carbocycles. The summed E-state index contributed by atoms with van der Waals surface area (Å²) in [6.45, 7) is 4.60. The minimum absolute atomic E-state index is 0.192. The normalized spacial score (nSPS) is 20.7. The summed E-state index contributed by atoms with van der Waals surface area (Å²) in [6.07, 6.45) is 1.59. The third-order valence-corrected chi connectivity index (χ3v) is 3.56. The number of nitriles is 1. The average molecular weight is 242 g/mol. The van der Waals surface area contributed by atoms with Crippen LogP contribution in [0.2, 0.25) is 0 Å². The fourth-order valence-electron chi connectivity index (χ4n) is 2.48. The fourth-order valence-corrected chi connectivity index (χ4v) is 2.48. The summed E-state index contributed by atoms with van der Waals surface area (Å²) in [7, 11) is 0. The molecule has 3 heteroatoms. The van der Waals surface area contributed by atoms with Crippen molar-refractivity contribution in [1.82, 2.24) is 4.90 Å². The van der Waals surface area contributed by atoms with E-state index in [9.17, 15) is 4.79 Å². The molecule has 1 saturated heterocycles. The van der Waals surface area contributed by atoms with Crippen LogP contribution in [-0.2, 0) is 11.3 Å². The van der Waals surface area contributed by atoms with Crippen molar-refractivity contribution in [2.75, 3.05) is 13.1 Å². The Morgan fingerprint density at radius 2 is 2.33 bits per heavy atom. The van der Waals surface area contributed by atoms with E-state index in [2.05, 4.69) is 17.9 Å². The molecular weight excluding hydrogens is 224 g/mol. The van der Waals surface area contributed by atoms with Crippen LogP contribution in [-0.4, -0.2) is 23.8 Å². The van der Waals surface area contributed by atoms with Gasteiger partial charge in [-0.25, -0.2) is 0 Å². The van der Waals surface area contributed by atoms with E-state index >= 15 is 0 Å². The fraction of sp³-hybridized carbons (Fsp3) is 0.467. The molecule has 94 valence electrons. The number of rotatable bonds is 3. The molecule has 3 nitrogen and oxygen atoms in total. The maximum atomic E-state index is 11.7. The second-order valence-corrected chi connectivity index (χ2v) is 4.87. The lowest BCUT2D eigenvalue weighted by atomic mass is 9.94. The maximum absolute atomic E-state index is 11.7. The van der Waals surface area contributed by atoms with E-state index in [0.29, 0.717) is 17.8 Å². The lowest BCUT2D eigenvalue weighted by Gasteiger charge is -2.31. The predicted molar refractivity (Wildman–Crippen MR) is 69.8 cm³/mol. The summed E-state index contributed by atoms with van der Waals surface area (Å²) in [5.41, 5.74) is 1.85. The molecular formula is C15H18N2O. The SMILES string of the molecule is CCC1CN(Cc2cccc(C#N)c2)CCC1=O. The smallest absolute Gasteiger partial charge is 0.138 e. The zero-order valence-electron chi connectivity index (χ0n) is 10.7. The zero-order valence-corrected chi connectivity index (χ0v) is 10.7. The second kappa shape index (κ2) is 5.79. The van der Waals surface area contributed by atoms with Crippen LogP contribution in [0.15, 0.2) is 24.3 Å². The highest BCUT2D eigenvalue weighted by Crippen LogP contribution is 2.18. The van der Waals surface area contributed by atoms with Crippen LogP contribution in [0.3, 0.4) is 0 Å². The lowest BCUT2D eigenvalue weighted by Crippen LogP contribution is -2.40. The van der Waals surface area contributed by atoms with Crippen molar-refractivity contribution in [1.29, 1.82) is 5.26 Å². The number of hydrogen-bond acceptors (Lipinski definition) is 3. The topological polar surface area (TPSA) is 44.1 Å². The van der Waals surface area contributed by atoms with Crippen LogP contribution in [0.4, 0.5) is 0 Å². The molecule has 1 fully saturated rings. The van der Waals surface area contributed by atoms with Crippen molar-refractivity contribution in [3.05, 3.63) is 35.4 Å². The molecule has 0 N–H and O–H groups in total. The molecule has 1 aliphatic heterocycles. The van der Waals surface area contributed by atoms with Crippen LogP contribution < -0.4 is 0 Å². The van der Waals surface area contributed by atoms with Crippen molar-refractivity contribution < 1.29 is 4.79 Å².